The smallest absolute Gasteiger partial charge is 0.0340 e. The lowest BCUT2D eigenvalue weighted by molar-refractivity contribution is 0.109. The molecule has 94 valence electrons. The van der Waals surface area contributed by atoms with Gasteiger partial charge >= 0.3 is 0 Å². The fourth-order valence-electron chi connectivity index (χ4n) is 2.98. The Morgan fingerprint density at radius 2 is 1.82 bits per heavy atom. The second-order valence-electron chi connectivity index (χ2n) is 6.44. The number of nitrogens with one attached hydrogen (secondary N) is 1. The molecule has 0 saturated heterocycles. The number of para-hydroxylation sites is 1. The van der Waals surface area contributed by atoms with Gasteiger partial charge in [-0.25, -0.2) is 0 Å². The first-order valence-corrected chi connectivity index (χ1v) is 6.75. The van der Waals surface area contributed by atoms with E-state index in [1.807, 2.05) is 0 Å². The van der Waals surface area contributed by atoms with Crippen LogP contribution in [0.4, 0.5) is 5.69 Å². The van der Waals surface area contributed by atoms with Gasteiger partial charge in [-0.3, -0.25) is 0 Å². The molecule has 0 aromatic heterocycles. The van der Waals surface area contributed by atoms with E-state index >= 15 is 0 Å². The molecule has 0 aliphatic heterocycles. The van der Waals surface area contributed by atoms with Gasteiger partial charge in [-0.15, -0.1) is 0 Å². The molecule has 0 heterocycles. The molecule has 0 amide bonds. The topological polar surface area (TPSA) is 12.0 Å². The summed E-state index contributed by atoms with van der Waals surface area (Å²) in [6.07, 6.45) is 2.70. The maximum atomic E-state index is 3.60. The minimum atomic E-state index is 0.405. The highest BCUT2D eigenvalue weighted by atomic mass is 14.9. The summed E-state index contributed by atoms with van der Waals surface area (Å²) in [6, 6.07) is 10.5. The van der Waals surface area contributed by atoms with Crippen molar-refractivity contribution in [2.24, 2.45) is 16.7 Å². The quantitative estimate of drug-likeness (QED) is 0.804. The van der Waals surface area contributed by atoms with Crippen LogP contribution in [0.2, 0.25) is 0 Å². The van der Waals surface area contributed by atoms with Crippen LogP contribution in [0.25, 0.3) is 0 Å². The molecule has 1 saturated carbocycles. The Morgan fingerprint density at radius 3 is 2.35 bits per heavy atom. The van der Waals surface area contributed by atoms with Crippen molar-refractivity contribution in [3.8, 4) is 0 Å². The van der Waals surface area contributed by atoms with Crippen LogP contribution in [0, 0.1) is 16.7 Å². The van der Waals surface area contributed by atoms with Crippen LogP contribution in [0.5, 0.6) is 0 Å². The maximum Gasteiger partial charge on any atom is 0.0340 e. The van der Waals surface area contributed by atoms with Gasteiger partial charge < -0.3 is 5.32 Å². The van der Waals surface area contributed by atoms with Crippen LogP contribution in [0.3, 0.4) is 0 Å². The van der Waals surface area contributed by atoms with Crippen molar-refractivity contribution in [1.29, 1.82) is 0 Å². The van der Waals surface area contributed by atoms with Gasteiger partial charge in [0.1, 0.15) is 0 Å². The van der Waals surface area contributed by atoms with E-state index in [1.54, 1.807) is 0 Å². The lowest BCUT2D eigenvalue weighted by atomic mass is 9.66. The summed E-state index contributed by atoms with van der Waals surface area (Å²) in [7, 11) is 0. The molecule has 0 unspecified atom stereocenters. The number of hydrogen-bond acceptors (Lipinski definition) is 1. The van der Waals surface area contributed by atoms with Crippen LogP contribution in [-0.4, -0.2) is 6.54 Å². The Bertz CT molecular complexity index is 368. The molecule has 1 nitrogen and oxygen atoms in total. The molecule has 2 rings (SSSR count). The summed E-state index contributed by atoms with van der Waals surface area (Å²) < 4.78 is 0. The predicted octanol–water partition coefficient (Wildman–Crippen LogP) is 4.56. The molecular formula is C16H25N. The van der Waals surface area contributed by atoms with E-state index in [4.69, 9.17) is 0 Å². The van der Waals surface area contributed by atoms with Crippen molar-refractivity contribution >= 4 is 5.69 Å². The van der Waals surface area contributed by atoms with Gasteiger partial charge in [-0.2, -0.15) is 0 Å². The van der Waals surface area contributed by atoms with E-state index in [2.05, 4.69) is 63.3 Å². The third-order valence-electron chi connectivity index (χ3n) is 5.37. The Hall–Kier alpha value is -0.980. The molecule has 1 aliphatic rings. The zero-order chi connectivity index (χ0) is 12.5. The Balaban J connectivity index is 2.04. The van der Waals surface area contributed by atoms with Crippen molar-refractivity contribution < 1.29 is 0 Å². The summed E-state index contributed by atoms with van der Waals surface area (Å²) in [5, 5.41) is 3.60. The second kappa shape index (κ2) is 4.36. The fraction of sp³-hybridized carbons (Fsp3) is 0.625. The molecule has 1 aromatic carbocycles. The van der Waals surface area contributed by atoms with Gasteiger partial charge in [0.15, 0.2) is 0 Å². The Kier molecular flexibility index (Phi) is 3.20. The van der Waals surface area contributed by atoms with Crippen molar-refractivity contribution in [2.45, 2.75) is 40.5 Å². The molecule has 1 N–H and O–H groups in total. The van der Waals surface area contributed by atoms with Crippen LogP contribution in [-0.2, 0) is 0 Å². The maximum absolute atomic E-state index is 3.60. The van der Waals surface area contributed by atoms with Crippen molar-refractivity contribution in [3.05, 3.63) is 30.3 Å². The van der Waals surface area contributed by atoms with Gasteiger partial charge in [0, 0.05) is 12.2 Å². The van der Waals surface area contributed by atoms with E-state index < -0.39 is 0 Å². The largest absolute Gasteiger partial charge is 0.384 e. The van der Waals surface area contributed by atoms with Gasteiger partial charge in [0.2, 0.25) is 0 Å². The van der Waals surface area contributed by atoms with Crippen LogP contribution >= 0.6 is 0 Å². The van der Waals surface area contributed by atoms with Crippen molar-refractivity contribution in [3.63, 3.8) is 0 Å². The molecule has 17 heavy (non-hydrogen) atoms. The van der Waals surface area contributed by atoms with Gasteiger partial charge in [0.05, 0.1) is 0 Å². The zero-order valence-corrected chi connectivity index (χ0v) is 11.6. The normalized spacial score (nSPS) is 31.4. The highest BCUT2D eigenvalue weighted by molar-refractivity contribution is 5.42. The standard InChI is InChI=1S/C16H25N/c1-13-10-11-16(4,15(13,2)3)12-17-14-8-6-5-7-9-14/h5-9,13,17H,10-12H2,1-4H3/t13-,16+/m0/s1. The number of anilines is 1. The summed E-state index contributed by atoms with van der Waals surface area (Å²) in [6.45, 7) is 10.8. The molecule has 1 aromatic rings. The molecule has 0 spiro atoms. The van der Waals surface area contributed by atoms with E-state index in [0.717, 1.165) is 12.5 Å². The predicted molar refractivity (Wildman–Crippen MR) is 75.2 cm³/mol. The van der Waals surface area contributed by atoms with Crippen LogP contribution in [0.15, 0.2) is 30.3 Å². The number of rotatable bonds is 3. The monoisotopic (exact) mass is 231 g/mol. The van der Waals surface area contributed by atoms with Crippen LogP contribution < -0.4 is 5.32 Å². The van der Waals surface area contributed by atoms with E-state index in [0.29, 0.717) is 10.8 Å². The van der Waals surface area contributed by atoms with E-state index in [9.17, 15) is 0 Å². The average Bonchev–Trinajstić information content (AvgIpc) is 2.53. The Morgan fingerprint density at radius 1 is 1.18 bits per heavy atom. The van der Waals surface area contributed by atoms with E-state index in [-0.39, 0.29) is 0 Å². The third-order valence-corrected chi connectivity index (χ3v) is 5.37. The summed E-state index contributed by atoms with van der Waals surface area (Å²) in [5.74, 6) is 0.824. The second-order valence-corrected chi connectivity index (χ2v) is 6.44. The van der Waals surface area contributed by atoms with E-state index in [1.165, 1.54) is 18.5 Å². The van der Waals surface area contributed by atoms with Gasteiger partial charge in [-0.1, -0.05) is 45.9 Å². The minimum absolute atomic E-state index is 0.405. The fourth-order valence-corrected chi connectivity index (χ4v) is 2.98. The third kappa shape index (κ3) is 2.20. The van der Waals surface area contributed by atoms with Gasteiger partial charge in [0.25, 0.3) is 0 Å². The first-order chi connectivity index (χ1) is 7.96. The highest BCUT2D eigenvalue weighted by Gasteiger charge is 2.49. The lowest BCUT2D eigenvalue weighted by Gasteiger charge is -2.41. The minimum Gasteiger partial charge on any atom is -0.384 e. The molecular weight excluding hydrogens is 206 g/mol. The first kappa shape index (κ1) is 12.5. The molecule has 1 heteroatoms. The molecule has 2 atom stereocenters. The summed E-state index contributed by atoms with van der Waals surface area (Å²) >= 11 is 0. The van der Waals surface area contributed by atoms with Crippen LogP contribution in [0.1, 0.15) is 40.5 Å². The SMILES string of the molecule is C[C@H]1CC[C@](C)(CNc2ccccc2)C1(C)C. The van der Waals surface area contributed by atoms with Gasteiger partial charge in [-0.05, 0) is 41.7 Å². The molecule has 1 fully saturated rings. The average molecular weight is 231 g/mol. The highest BCUT2D eigenvalue weighted by Crippen LogP contribution is 2.55. The molecule has 0 bridgehead atoms. The lowest BCUT2D eigenvalue weighted by Crippen LogP contribution is -2.38. The Labute approximate surface area is 106 Å². The number of benzene rings is 1. The summed E-state index contributed by atoms with van der Waals surface area (Å²) in [4.78, 5) is 0. The number of hydrogen-bond donors (Lipinski definition) is 1. The van der Waals surface area contributed by atoms with Crippen molar-refractivity contribution in [1.82, 2.24) is 0 Å². The summed E-state index contributed by atoms with van der Waals surface area (Å²) in [5.41, 5.74) is 2.07. The molecule has 0 radical (unpaired) electrons. The van der Waals surface area contributed by atoms with Crippen molar-refractivity contribution in [2.75, 3.05) is 11.9 Å². The first-order valence-electron chi connectivity index (χ1n) is 6.75. The molecule has 1 aliphatic carbocycles. The zero-order valence-electron chi connectivity index (χ0n) is 11.6.